The van der Waals surface area contributed by atoms with E-state index in [1.165, 1.54) is 5.56 Å². The van der Waals surface area contributed by atoms with E-state index in [-0.39, 0.29) is 6.04 Å². The van der Waals surface area contributed by atoms with Crippen molar-refractivity contribution in [1.82, 2.24) is 0 Å². The van der Waals surface area contributed by atoms with Gasteiger partial charge in [0.15, 0.2) is 0 Å². The minimum Gasteiger partial charge on any atom is -0.497 e. The molecule has 2 N–H and O–H groups in total. The fraction of sp³-hybridized carbons (Fsp3) is 0.333. The van der Waals surface area contributed by atoms with Gasteiger partial charge in [-0.2, -0.15) is 0 Å². The third-order valence-corrected chi connectivity index (χ3v) is 4.04. The minimum atomic E-state index is 0.268. The summed E-state index contributed by atoms with van der Waals surface area (Å²) in [6.45, 7) is 2.20. The van der Waals surface area contributed by atoms with Gasteiger partial charge in [0.2, 0.25) is 0 Å². The van der Waals surface area contributed by atoms with Gasteiger partial charge in [0.25, 0.3) is 0 Å². The lowest BCUT2D eigenvalue weighted by molar-refractivity contribution is 0.414. The maximum absolute atomic E-state index is 5.32. The van der Waals surface area contributed by atoms with Crippen LogP contribution in [0.3, 0.4) is 0 Å². The van der Waals surface area contributed by atoms with E-state index in [0.29, 0.717) is 6.04 Å². The number of nitrogens with one attached hydrogen (secondary N) is 2. The lowest BCUT2D eigenvalue weighted by Crippen LogP contribution is -2.28. The Morgan fingerprint density at radius 2 is 1.82 bits per heavy atom. The average molecular weight is 298 g/mol. The van der Waals surface area contributed by atoms with Crippen molar-refractivity contribution >= 4 is 11.4 Å². The molecule has 4 heteroatoms. The minimum absolute atomic E-state index is 0.268. The Kier molecular flexibility index (Phi) is 4.09. The molecule has 0 fully saturated rings. The summed E-state index contributed by atoms with van der Waals surface area (Å²) in [4.78, 5) is 0. The van der Waals surface area contributed by atoms with Gasteiger partial charge in [-0.1, -0.05) is 12.1 Å². The molecule has 1 heterocycles. The smallest absolute Gasteiger partial charge is 0.120 e. The summed E-state index contributed by atoms with van der Waals surface area (Å²) >= 11 is 0. The zero-order chi connectivity index (χ0) is 15.5. The van der Waals surface area contributed by atoms with E-state index < -0.39 is 0 Å². The number of anilines is 2. The number of methoxy groups -OCH3 is 2. The Hall–Kier alpha value is -2.36. The van der Waals surface area contributed by atoms with Crippen LogP contribution in [0.4, 0.5) is 11.4 Å². The SMILES string of the molecule is COc1cccc(NC2CC(C)Nc3cc(OC)ccc32)c1. The van der Waals surface area contributed by atoms with Crippen LogP contribution < -0.4 is 20.1 Å². The normalized spacial score (nSPS) is 19.8. The molecule has 1 aliphatic heterocycles. The summed E-state index contributed by atoms with van der Waals surface area (Å²) in [5, 5.41) is 7.15. The maximum atomic E-state index is 5.32. The predicted octanol–water partition coefficient (Wildman–Crippen LogP) is 4.06. The fourth-order valence-corrected chi connectivity index (χ4v) is 2.95. The molecule has 2 aromatic carbocycles. The molecule has 0 spiro atoms. The predicted molar refractivity (Wildman–Crippen MR) is 90.1 cm³/mol. The van der Waals surface area contributed by atoms with Crippen molar-refractivity contribution in [3.8, 4) is 11.5 Å². The van der Waals surface area contributed by atoms with Crippen LogP contribution in [0, 0.1) is 0 Å². The van der Waals surface area contributed by atoms with Crippen LogP contribution in [-0.4, -0.2) is 20.3 Å². The second-order valence-corrected chi connectivity index (χ2v) is 5.66. The lowest BCUT2D eigenvalue weighted by atomic mass is 9.93. The molecule has 0 saturated carbocycles. The highest BCUT2D eigenvalue weighted by Crippen LogP contribution is 2.37. The summed E-state index contributed by atoms with van der Waals surface area (Å²) < 4.78 is 10.6. The zero-order valence-electron chi connectivity index (χ0n) is 13.2. The second-order valence-electron chi connectivity index (χ2n) is 5.66. The largest absolute Gasteiger partial charge is 0.497 e. The summed E-state index contributed by atoms with van der Waals surface area (Å²) in [7, 11) is 3.38. The Morgan fingerprint density at radius 3 is 2.59 bits per heavy atom. The van der Waals surface area contributed by atoms with Crippen molar-refractivity contribution in [3.63, 3.8) is 0 Å². The third kappa shape index (κ3) is 2.96. The van der Waals surface area contributed by atoms with Gasteiger partial charge in [-0.3, -0.25) is 0 Å². The molecule has 0 aromatic heterocycles. The van der Waals surface area contributed by atoms with Crippen molar-refractivity contribution in [1.29, 1.82) is 0 Å². The molecule has 0 aliphatic carbocycles. The molecule has 0 saturated heterocycles. The first-order chi connectivity index (χ1) is 10.7. The van der Waals surface area contributed by atoms with E-state index in [1.807, 2.05) is 24.3 Å². The molecule has 4 nitrogen and oxygen atoms in total. The first-order valence-corrected chi connectivity index (χ1v) is 7.54. The van der Waals surface area contributed by atoms with Gasteiger partial charge in [0.05, 0.1) is 20.3 Å². The molecule has 3 rings (SSSR count). The zero-order valence-corrected chi connectivity index (χ0v) is 13.2. The quantitative estimate of drug-likeness (QED) is 0.893. The van der Waals surface area contributed by atoms with Gasteiger partial charge >= 0.3 is 0 Å². The van der Waals surface area contributed by atoms with Crippen molar-refractivity contribution in [2.24, 2.45) is 0 Å². The van der Waals surface area contributed by atoms with Crippen LogP contribution in [0.2, 0.25) is 0 Å². The molecular weight excluding hydrogens is 276 g/mol. The maximum Gasteiger partial charge on any atom is 0.120 e. The van der Waals surface area contributed by atoms with Crippen LogP contribution in [0.25, 0.3) is 0 Å². The molecule has 0 amide bonds. The van der Waals surface area contributed by atoms with Gasteiger partial charge in [-0.25, -0.2) is 0 Å². The highest BCUT2D eigenvalue weighted by Gasteiger charge is 2.24. The van der Waals surface area contributed by atoms with Gasteiger partial charge in [-0.05, 0) is 37.1 Å². The lowest BCUT2D eigenvalue weighted by Gasteiger charge is -2.32. The summed E-state index contributed by atoms with van der Waals surface area (Å²) in [5.74, 6) is 1.74. The Balaban J connectivity index is 1.88. The molecule has 0 bridgehead atoms. The summed E-state index contributed by atoms with van der Waals surface area (Å²) in [5.41, 5.74) is 3.47. The Morgan fingerprint density at radius 1 is 1.05 bits per heavy atom. The van der Waals surface area contributed by atoms with Crippen LogP contribution in [0.1, 0.15) is 24.9 Å². The molecule has 2 atom stereocenters. The monoisotopic (exact) mass is 298 g/mol. The van der Waals surface area contributed by atoms with Crippen molar-refractivity contribution in [2.75, 3.05) is 24.9 Å². The van der Waals surface area contributed by atoms with E-state index in [1.54, 1.807) is 14.2 Å². The van der Waals surface area contributed by atoms with Crippen molar-refractivity contribution < 1.29 is 9.47 Å². The molecule has 2 aromatic rings. The van der Waals surface area contributed by atoms with E-state index in [9.17, 15) is 0 Å². The Bertz CT molecular complexity index is 657. The molecule has 116 valence electrons. The molecule has 2 unspecified atom stereocenters. The molecule has 22 heavy (non-hydrogen) atoms. The second kappa shape index (κ2) is 6.18. The van der Waals surface area contributed by atoms with Gasteiger partial charge in [0, 0.05) is 29.5 Å². The van der Waals surface area contributed by atoms with Gasteiger partial charge in [-0.15, -0.1) is 0 Å². The standard InChI is InChI=1S/C18H22N2O2/c1-12-9-17(20-13-5-4-6-14(10-13)21-2)16-8-7-15(22-3)11-18(16)19-12/h4-8,10-12,17,19-20H,9H2,1-3H3. The van der Waals surface area contributed by atoms with E-state index in [4.69, 9.17) is 9.47 Å². The number of hydrogen-bond acceptors (Lipinski definition) is 4. The van der Waals surface area contributed by atoms with Crippen LogP contribution >= 0.6 is 0 Å². The highest BCUT2D eigenvalue weighted by molar-refractivity contribution is 5.61. The topological polar surface area (TPSA) is 42.5 Å². The Labute approximate surface area is 131 Å². The number of hydrogen-bond donors (Lipinski definition) is 2. The van der Waals surface area contributed by atoms with Gasteiger partial charge in [0.1, 0.15) is 11.5 Å². The molecule has 1 aliphatic rings. The molecular formula is C18H22N2O2. The van der Waals surface area contributed by atoms with E-state index in [2.05, 4.69) is 35.8 Å². The van der Waals surface area contributed by atoms with Crippen molar-refractivity contribution in [2.45, 2.75) is 25.4 Å². The number of benzene rings is 2. The van der Waals surface area contributed by atoms with Gasteiger partial charge < -0.3 is 20.1 Å². The first-order valence-electron chi connectivity index (χ1n) is 7.54. The van der Waals surface area contributed by atoms with Crippen molar-refractivity contribution in [3.05, 3.63) is 48.0 Å². The highest BCUT2D eigenvalue weighted by atomic mass is 16.5. The third-order valence-electron chi connectivity index (χ3n) is 4.04. The average Bonchev–Trinajstić information content (AvgIpc) is 2.54. The van der Waals surface area contributed by atoms with E-state index >= 15 is 0 Å². The van der Waals surface area contributed by atoms with Crippen LogP contribution in [0.5, 0.6) is 11.5 Å². The number of ether oxygens (including phenoxy) is 2. The van der Waals surface area contributed by atoms with Crippen LogP contribution in [-0.2, 0) is 0 Å². The number of fused-ring (bicyclic) bond motifs is 1. The van der Waals surface area contributed by atoms with E-state index in [0.717, 1.165) is 29.3 Å². The first kappa shape index (κ1) is 14.6. The summed E-state index contributed by atoms with van der Waals surface area (Å²) in [6.07, 6.45) is 1.02. The fourth-order valence-electron chi connectivity index (χ4n) is 2.95. The molecule has 0 radical (unpaired) electrons. The number of rotatable bonds is 4. The summed E-state index contributed by atoms with van der Waals surface area (Å²) in [6, 6.07) is 14.9. The van der Waals surface area contributed by atoms with Crippen LogP contribution in [0.15, 0.2) is 42.5 Å².